The standard InChI is InChI=1S/C8H10O2.4C7H6O3/c1-7(9)10-8-5-3-2-4-6-8;4*8-6-4-2-1-3-5(6)7(9)10/h2-7,9H,1H3;4*1-4,8H,(H,9,10). The second kappa shape index (κ2) is 21.7. The predicted molar refractivity (Wildman–Crippen MR) is 179 cm³/mol. The van der Waals surface area contributed by atoms with Crippen molar-refractivity contribution in [3.05, 3.63) is 150 Å². The largest absolute Gasteiger partial charge is 0.507 e. The van der Waals surface area contributed by atoms with Crippen molar-refractivity contribution in [2.24, 2.45) is 0 Å². The third kappa shape index (κ3) is 15.5. The van der Waals surface area contributed by atoms with Gasteiger partial charge in [-0.1, -0.05) is 66.7 Å². The van der Waals surface area contributed by atoms with Gasteiger partial charge in [-0.3, -0.25) is 0 Å². The van der Waals surface area contributed by atoms with Gasteiger partial charge in [0.15, 0.2) is 6.29 Å². The summed E-state index contributed by atoms with van der Waals surface area (Å²) in [7, 11) is 0. The molecule has 1 unspecified atom stereocenters. The summed E-state index contributed by atoms with van der Waals surface area (Å²) in [6.07, 6.45) is -0.734. The molecule has 0 amide bonds. The highest BCUT2D eigenvalue weighted by Crippen LogP contribution is 2.17. The second-order valence-corrected chi connectivity index (χ2v) is 9.32. The first-order chi connectivity index (χ1) is 23.6. The van der Waals surface area contributed by atoms with E-state index in [-0.39, 0.29) is 45.3 Å². The molecule has 0 spiro atoms. The molecule has 14 nitrogen and oxygen atoms in total. The monoisotopic (exact) mass is 690 g/mol. The van der Waals surface area contributed by atoms with E-state index >= 15 is 0 Å². The number of carboxylic acids is 4. The number of aromatic hydroxyl groups is 4. The fraction of sp³-hybridized carbons (Fsp3) is 0.0556. The predicted octanol–water partition coefficient (Wildman–Crippen LogP) is 5.77. The molecule has 0 bridgehead atoms. The zero-order valence-corrected chi connectivity index (χ0v) is 26.3. The van der Waals surface area contributed by atoms with Gasteiger partial charge < -0.3 is 50.7 Å². The molecule has 9 N–H and O–H groups in total. The van der Waals surface area contributed by atoms with E-state index in [0.29, 0.717) is 5.75 Å². The topological polar surface area (TPSA) is 260 Å². The molecule has 0 fully saturated rings. The SMILES string of the molecule is CC(O)Oc1ccccc1.O=C(O)c1ccccc1O.O=C(O)c1ccccc1O.O=C(O)c1ccccc1O.O=C(O)c1ccccc1O. The molecule has 5 aromatic rings. The summed E-state index contributed by atoms with van der Waals surface area (Å²) < 4.78 is 4.97. The third-order valence-electron chi connectivity index (χ3n) is 5.59. The van der Waals surface area contributed by atoms with E-state index in [1.54, 1.807) is 67.6 Å². The van der Waals surface area contributed by atoms with Crippen molar-refractivity contribution in [1.82, 2.24) is 0 Å². The summed E-state index contributed by atoms with van der Waals surface area (Å²) in [5, 5.41) is 78.0. The molecule has 0 heterocycles. The zero-order chi connectivity index (χ0) is 37.6. The van der Waals surface area contributed by atoms with E-state index in [0.717, 1.165) is 0 Å². The number of para-hydroxylation sites is 5. The number of benzene rings is 5. The Morgan fingerprint density at radius 2 is 0.640 bits per heavy atom. The molecule has 0 radical (unpaired) electrons. The number of aliphatic hydroxyl groups is 1. The molecule has 5 rings (SSSR count). The first-order valence-electron chi connectivity index (χ1n) is 14.1. The van der Waals surface area contributed by atoms with Crippen LogP contribution in [-0.4, -0.2) is 76.1 Å². The van der Waals surface area contributed by atoms with Crippen molar-refractivity contribution in [2.75, 3.05) is 0 Å². The summed E-state index contributed by atoms with van der Waals surface area (Å²) in [5.41, 5.74) is -0.269. The lowest BCUT2D eigenvalue weighted by molar-refractivity contribution is -0.000329. The average molecular weight is 691 g/mol. The fourth-order valence-corrected chi connectivity index (χ4v) is 3.31. The Morgan fingerprint density at radius 3 is 0.820 bits per heavy atom. The van der Waals surface area contributed by atoms with Gasteiger partial charge in [0, 0.05) is 0 Å². The van der Waals surface area contributed by atoms with Gasteiger partial charge in [-0.05, 0) is 67.6 Å². The number of phenols is 4. The average Bonchev–Trinajstić information content (AvgIpc) is 3.06. The summed E-state index contributed by atoms with van der Waals surface area (Å²) in [5.74, 6) is -4.56. The molecule has 0 aliphatic heterocycles. The summed E-state index contributed by atoms with van der Waals surface area (Å²) in [4.78, 5) is 41.0. The summed E-state index contributed by atoms with van der Waals surface area (Å²) in [6.45, 7) is 1.58. The minimum absolute atomic E-state index is 0.0671. The molecule has 0 saturated carbocycles. The molecule has 0 aromatic heterocycles. The lowest BCUT2D eigenvalue weighted by Gasteiger charge is -2.06. The number of aromatic carboxylic acids is 4. The molecule has 0 aliphatic carbocycles. The summed E-state index contributed by atoms with van der Waals surface area (Å²) in [6, 6.07) is 32.5. The van der Waals surface area contributed by atoms with Crippen molar-refractivity contribution in [1.29, 1.82) is 0 Å². The second-order valence-electron chi connectivity index (χ2n) is 9.32. The number of carboxylic acid groups (broad SMARTS) is 4. The van der Waals surface area contributed by atoms with E-state index in [2.05, 4.69) is 0 Å². The van der Waals surface area contributed by atoms with Crippen LogP contribution in [0.1, 0.15) is 48.4 Å². The van der Waals surface area contributed by atoms with Crippen LogP contribution in [-0.2, 0) is 0 Å². The van der Waals surface area contributed by atoms with E-state index in [1.807, 2.05) is 18.2 Å². The highest BCUT2D eigenvalue weighted by Gasteiger charge is 2.08. The fourth-order valence-electron chi connectivity index (χ4n) is 3.31. The Bertz CT molecular complexity index is 1600. The lowest BCUT2D eigenvalue weighted by Crippen LogP contribution is -2.08. The maximum Gasteiger partial charge on any atom is 0.339 e. The number of hydrogen-bond acceptors (Lipinski definition) is 10. The number of hydrogen-bond donors (Lipinski definition) is 9. The minimum atomic E-state index is -1.11. The molecule has 0 saturated heterocycles. The first kappa shape index (κ1) is 41.0. The number of carbonyl (C=O) groups is 4. The van der Waals surface area contributed by atoms with Gasteiger partial charge in [-0.2, -0.15) is 0 Å². The van der Waals surface area contributed by atoms with Crippen molar-refractivity contribution in [3.63, 3.8) is 0 Å². The number of aliphatic hydroxyl groups excluding tert-OH is 1. The minimum Gasteiger partial charge on any atom is -0.507 e. The van der Waals surface area contributed by atoms with Crippen LogP contribution in [0.3, 0.4) is 0 Å². The van der Waals surface area contributed by atoms with Crippen LogP contribution >= 0.6 is 0 Å². The van der Waals surface area contributed by atoms with Crippen LogP contribution < -0.4 is 4.74 Å². The van der Waals surface area contributed by atoms with Gasteiger partial charge in [0.25, 0.3) is 0 Å². The van der Waals surface area contributed by atoms with Crippen molar-refractivity contribution >= 4 is 23.9 Å². The smallest absolute Gasteiger partial charge is 0.339 e. The Hall–Kier alpha value is -7.06. The Balaban J connectivity index is 0.000000312. The highest BCUT2D eigenvalue weighted by atomic mass is 16.6. The van der Waals surface area contributed by atoms with Crippen molar-refractivity contribution in [2.45, 2.75) is 13.2 Å². The molecular formula is C36H34O14. The first-order valence-corrected chi connectivity index (χ1v) is 14.1. The van der Waals surface area contributed by atoms with Crippen LogP contribution in [0.15, 0.2) is 127 Å². The maximum absolute atomic E-state index is 10.3. The van der Waals surface area contributed by atoms with Gasteiger partial charge in [0.05, 0.1) is 0 Å². The summed E-state index contributed by atoms with van der Waals surface area (Å²) >= 11 is 0. The highest BCUT2D eigenvalue weighted by molar-refractivity contribution is 5.92. The van der Waals surface area contributed by atoms with Gasteiger partial charge in [0.2, 0.25) is 0 Å². The number of rotatable bonds is 6. The van der Waals surface area contributed by atoms with Gasteiger partial charge >= 0.3 is 23.9 Å². The van der Waals surface area contributed by atoms with E-state index in [4.69, 9.17) is 50.7 Å². The van der Waals surface area contributed by atoms with E-state index in [9.17, 15) is 19.2 Å². The van der Waals surface area contributed by atoms with Crippen molar-refractivity contribution < 1.29 is 69.9 Å². The van der Waals surface area contributed by atoms with Crippen LogP contribution in [0, 0.1) is 0 Å². The Labute approximate surface area is 285 Å². The molecule has 5 aromatic carbocycles. The molecule has 1 atom stereocenters. The zero-order valence-electron chi connectivity index (χ0n) is 26.3. The quantitative estimate of drug-likeness (QED) is 0.0959. The Kier molecular flexibility index (Phi) is 17.8. The van der Waals surface area contributed by atoms with Gasteiger partial charge in [-0.25, -0.2) is 19.2 Å². The van der Waals surface area contributed by atoms with E-state index < -0.39 is 30.2 Å². The van der Waals surface area contributed by atoms with Crippen LogP contribution in [0.25, 0.3) is 0 Å². The van der Waals surface area contributed by atoms with Crippen LogP contribution in [0.2, 0.25) is 0 Å². The van der Waals surface area contributed by atoms with Crippen molar-refractivity contribution in [3.8, 4) is 28.7 Å². The molecule has 262 valence electrons. The maximum atomic E-state index is 10.3. The normalized spacial score (nSPS) is 9.88. The number of ether oxygens (including phenoxy) is 1. The molecule has 50 heavy (non-hydrogen) atoms. The Morgan fingerprint density at radius 1 is 0.420 bits per heavy atom. The molecule has 0 aliphatic rings. The molecule has 14 heteroatoms. The van der Waals surface area contributed by atoms with Crippen LogP contribution in [0.5, 0.6) is 28.7 Å². The third-order valence-corrected chi connectivity index (χ3v) is 5.59. The van der Waals surface area contributed by atoms with Crippen LogP contribution in [0.4, 0.5) is 0 Å². The molecular weight excluding hydrogens is 656 g/mol. The lowest BCUT2D eigenvalue weighted by atomic mass is 10.2. The van der Waals surface area contributed by atoms with Gasteiger partial charge in [-0.15, -0.1) is 0 Å². The van der Waals surface area contributed by atoms with E-state index in [1.165, 1.54) is 48.5 Å². The van der Waals surface area contributed by atoms with Gasteiger partial charge in [0.1, 0.15) is 51.0 Å².